The number of halogens is 1. The second-order valence-corrected chi connectivity index (χ2v) is 4.26. The summed E-state index contributed by atoms with van der Waals surface area (Å²) >= 11 is 5.56. The van der Waals surface area contributed by atoms with Crippen LogP contribution in [0.25, 0.3) is 0 Å². The van der Waals surface area contributed by atoms with Crippen molar-refractivity contribution in [2.75, 3.05) is 7.11 Å². The summed E-state index contributed by atoms with van der Waals surface area (Å²) in [4.78, 5) is 11.2. The molecule has 2 unspecified atom stereocenters. The van der Waals surface area contributed by atoms with Gasteiger partial charge in [-0.15, -0.1) is 0 Å². The zero-order valence-electron chi connectivity index (χ0n) is 9.87. The van der Waals surface area contributed by atoms with Crippen molar-refractivity contribution in [3.63, 3.8) is 0 Å². The Morgan fingerprint density at radius 1 is 1.50 bits per heavy atom. The molecule has 0 aliphatic rings. The number of methoxy groups -OCH3 is 1. The highest BCUT2D eigenvalue weighted by Gasteiger charge is 2.22. The Bertz CT molecular complexity index is 363. The van der Waals surface area contributed by atoms with Crippen molar-refractivity contribution >= 4 is 16.8 Å². The van der Waals surface area contributed by atoms with Gasteiger partial charge in [-0.3, -0.25) is 4.79 Å². The minimum atomic E-state index is -0.283. The molecule has 0 spiro atoms. The Balaban J connectivity index is 2.98. The monoisotopic (exact) mass is 240 g/mol. The maximum atomic E-state index is 11.2. The molecule has 0 saturated heterocycles. The fourth-order valence-electron chi connectivity index (χ4n) is 1.91. The van der Waals surface area contributed by atoms with Crippen LogP contribution in [0.3, 0.4) is 0 Å². The lowest BCUT2D eigenvalue weighted by atomic mass is 9.86. The van der Waals surface area contributed by atoms with Crippen LogP contribution in [0.15, 0.2) is 24.3 Å². The summed E-state index contributed by atoms with van der Waals surface area (Å²) < 4.78 is 5.17. The largest absolute Gasteiger partial charge is 0.497 e. The van der Waals surface area contributed by atoms with E-state index in [1.54, 1.807) is 7.11 Å². The van der Waals surface area contributed by atoms with E-state index in [1.807, 2.05) is 31.2 Å². The minimum Gasteiger partial charge on any atom is -0.497 e. The lowest BCUT2D eigenvalue weighted by Crippen LogP contribution is -2.15. The Hall–Kier alpha value is -1.02. The first-order valence-corrected chi connectivity index (χ1v) is 5.81. The van der Waals surface area contributed by atoms with Gasteiger partial charge in [-0.05, 0) is 41.6 Å². The summed E-state index contributed by atoms with van der Waals surface area (Å²) in [5.74, 6) is 0.795. The van der Waals surface area contributed by atoms with Gasteiger partial charge in [0.2, 0.25) is 5.24 Å². The van der Waals surface area contributed by atoms with Crippen molar-refractivity contribution in [1.29, 1.82) is 0 Å². The zero-order valence-corrected chi connectivity index (χ0v) is 10.6. The molecule has 2 nitrogen and oxygen atoms in total. The van der Waals surface area contributed by atoms with Gasteiger partial charge < -0.3 is 4.74 Å². The van der Waals surface area contributed by atoms with E-state index in [1.165, 1.54) is 0 Å². The Kier molecular flexibility index (Phi) is 4.81. The van der Waals surface area contributed by atoms with Gasteiger partial charge >= 0.3 is 0 Å². The summed E-state index contributed by atoms with van der Waals surface area (Å²) in [6.45, 7) is 3.92. The number of benzene rings is 1. The molecule has 88 valence electrons. The first kappa shape index (κ1) is 13.0. The van der Waals surface area contributed by atoms with Crippen molar-refractivity contribution in [1.82, 2.24) is 0 Å². The zero-order chi connectivity index (χ0) is 12.1. The first-order valence-electron chi connectivity index (χ1n) is 5.43. The van der Waals surface area contributed by atoms with Crippen LogP contribution in [0.2, 0.25) is 0 Å². The molecular weight excluding hydrogens is 224 g/mol. The van der Waals surface area contributed by atoms with Gasteiger partial charge in [-0.2, -0.15) is 0 Å². The van der Waals surface area contributed by atoms with Crippen LogP contribution >= 0.6 is 11.6 Å². The average molecular weight is 241 g/mol. The van der Waals surface area contributed by atoms with Crippen LogP contribution in [0.1, 0.15) is 31.7 Å². The van der Waals surface area contributed by atoms with Gasteiger partial charge in [0.1, 0.15) is 5.75 Å². The molecule has 0 radical (unpaired) electrons. The lowest BCUT2D eigenvalue weighted by molar-refractivity contribution is -0.115. The molecule has 1 rings (SSSR count). The van der Waals surface area contributed by atoms with E-state index < -0.39 is 0 Å². The van der Waals surface area contributed by atoms with Crippen LogP contribution in [0.4, 0.5) is 0 Å². The fraction of sp³-hybridized carbons (Fsp3) is 0.462. The van der Waals surface area contributed by atoms with Gasteiger partial charge in [0, 0.05) is 5.92 Å². The molecule has 0 fully saturated rings. The van der Waals surface area contributed by atoms with E-state index in [4.69, 9.17) is 16.3 Å². The van der Waals surface area contributed by atoms with E-state index in [-0.39, 0.29) is 17.1 Å². The van der Waals surface area contributed by atoms with E-state index in [9.17, 15) is 4.79 Å². The van der Waals surface area contributed by atoms with Crippen LogP contribution < -0.4 is 4.74 Å². The maximum absolute atomic E-state index is 11.2. The van der Waals surface area contributed by atoms with Crippen molar-refractivity contribution < 1.29 is 9.53 Å². The quantitative estimate of drug-likeness (QED) is 0.736. The first-order chi connectivity index (χ1) is 7.60. The van der Waals surface area contributed by atoms with E-state index in [0.29, 0.717) is 0 Å². The highest BCUT2D eigenvalue weighted by molar-refractivity contribution is 6.64. The molecule has 1 aromatic carbocycles. The van der Waals surface area contributed by atoms with Crippen molar-refractivity contribution in [3.8, 4) is 5.75 Å². The molecular formula is C13H17ClO2. The standard InChI is InChI=1S/C13H17ClO2/c1-4-12(9(2)13(14)15)10-6-5-7-11(8-10)16-3/h5-9,12H,4H2,1-3H3. The predicted octanol–water partition coefficient (Wildman–Crippen LogP) is 3.59. The molecule has 0 N–H and O–H groups in total. The normalized spacial score (nSPS) is 14.2. The lowest BCUT2D eigenvalue weighted by Gasteiger charge is -2.20. The maximum Gasteiger partial charge on any atom is 0.225 e. The smallest absolute Gasteiger partial charge is 0.225 e. The van der Waals surface area contributed by atoms with Crippen LogP contribution in [-0.2, 0) is 4.79 Å². The summed E-state index contributed by atoms with van der Waals surface area (Å²) in [5.41, 5.74) is 1.10. The number of hydrogen-bond acceptors (Lipinski definition) is 2. The average Bonchev–Trinajstić information content (AvgIpc) is 2.30. The van der Waals surface area contributed by atoms with Gasteiger partial charge in [-0.25, -0.2) is 0 Å². The number of rotatable bonds is 5. The number of ether oxygens (including phenoxy) is 1. The molecule has 0 aliphatic carbocycles. The third-order valence-corrected chi connectivity index (χ3v) is 3.27. The third kappa shape index (κ3) is 2.99. The van der Waals surface area contributed by atoms with Gasteiger partial charge in [0.15, 0.2) is 0 Å². The fourth-order valence-corrected chi connectivity index (χ4v) is 2.06. The summed E-state index contributed by atoms with van der Waals surface area (Å²) in [7, 11) is 1.64. The molecule has 1 aromatic rings. The topological polar surface area (TPSA) is 26.3 Å². The predicted molar refractivity (Wildman–Crippen MR) is 66.1 cm³/mol. The van der Waals surface area contributed by atoms with Gasteiger partial charge in [0.25, 0.3) is 0 Å². The molecule has 0 bridgehead atoms. The van der Waals surface area contributed by atoms with Crippen molar-refractivity contribution in [2.45, 2.75) is 26.2 Å². The highest BCUT2D eigenvalue weighted by atomic mass is 35.5. The van der Waals surface area contributed by atoms with Gasteiger partial charge in [0.05, 0.1) is 7.11 Å². The molecule has 2 atom stereocenters. The second-order valence-electron chi connectivity index (χ2n) is 3.88. The Morgan fingerprint density at radius 2 is 2.19 bits per heavy atom. The van der Waals surface area contributed by atoms with Crippen molar-refractivity contribution in [3.05, 3.63) is 29.8 Å². The minimum absolute atomic E-state index is 0.153. The number of carbonyl (C=O) groups excluding carboxylic acids is 1. The molecule has 0 amide bonds. The highest BCUT2D eigenvalue weighted by Crippen LogP contribution is 2.31. The molecule has 0 saturated carbocycles. The van der Waals surface area contributed by atoms with E-state index >= 15 is 0 Å². The van der Waals surface area contributed by atoms with Crippen molar-refractivity contribution in [2.24, 2.45) is 5.92 Å². The Labute approximate surface area is 102 Å². The summed E-state index contributed by atoms with van der Waals surface area (Å²) in [6.07, 6.45) is 0.882. The van der Waals surface area contributed by atoms with E-state index in [2.05, 4.69) is 6.92 Å². The molecule has 0 aliphatic heterocycles. The Morgan fingerprint density at radius 3 is 2.69 bits per heavy atom. The van der Waals surface area contributed by atoms with Gasteiger partial charge in [-0.1, -0.05) is 26.0 Å². The van der Waals surface area contributed by atoms with Crippen LogP contribution in [0, 0.1) is 5.92 Å². The summed E-state index contributed by atoms with van der Waals surface area (Å²) in [6, 6.07) is 7.79. The molecule has 0 heterocycles. The van der Waals surface area contributed by atoms with E-state index in [0.717, 1.165) is 17.7 Å². The summed E-state index contributed by atoms with van der Waals surface area (Å²) in [5, 5.41) is -0.283. The molecule has 3 heteroatoms. The SMILES string of the molecule is CCC(c1cccc(OC)c1)C(C)C(=O)Cl. The number of hydrogen-bond donors (Lipinski definition) is 0. The third-order valence-electron chi connectivity index (χ3n) is 2.92. The van der Waals surface area contributed by atoms with Crippen LogP contribution in [-0.4, -0.2) is 12.4 Å². The number of carbonyl (C=O) groups is 1. The second kappa shape index (κ2) is 5.90. The van der Waals surface area contributed by atoms with Crippen LogP contribution in [0.5, 0.6) is 5.75 Å². The molecule has 16 heavy (non-hydrogen) atoms. The molecule has 0 aromatic heterocycles.